The maximum Gasteiger partial charge on any atom is 0.191 e. The second-order valence-corrected chi connectivity index (χ2v) is 8.20. The van der Waals surface area contributed by atoms with Crippen LogP contribution in [0, 0.1) is 6.92 Å². The third-order valence-electron chi connectivity index (χ3n) is 5.62. The molecule has 1 aliphatic rings. The molecule has 0 atom stereocenters. The van der Waals surface area contributed by atoms with Crippen molar-refractivity contribution < 1.29 is 9.84 Å². The van der Waals surface area contributed by atoms with Crippen molar-refractivity contribution in [2.24, 2.45) is 12.0 Å². The first-order chi connectivity index (χ1) is 14.5. The summed E-state index contributed by atoms with van der Waals surface area (Å²) in [5.74, 6) is 2.40. The molecule has 0 aromatic carbocycles. The standard InChI is InChI=1S/C21H41N7O2/c1-5-8-21(29,9-6-2)17-24-20(23-16-19-26-25-18(3)27(19)4)22-10-7-11-28-12-14-30-15-13-28/h29H,5-17H2,1-4H3,(H2,22,23,24). The zero-order valence-electron chi connectivity index (χ0n) is 19.3. The first-order valence-electron chi connectivity index (χ1n) is 11.4. The normalized spacial score (nSPS) is 16.1. The first-order valence-corrected chi connectivity index (χ1v) is 11.4. The molecule has 2 heterocycles. The maximum absolute atomic E-state index is 10.9. The summed E-state index contributed by atoms with van der Waals surface area (Å²) in [6.45, 7) is 12.6. The lowest BCUT2D eigenvalue weighted by molar-refractivity contribution is 0.0257. The Labute approximate surface area is 181 Å². The lowest BCUT2D eigenvalue weighted by Gasteiger charge is -2.29. The molecule has 1 fully saturated rings. The number of aromatic nitrogens is 3. The predicted octanol–water partition coefficient (Wildman–Crippen LogP) is 1.21. The van der Waals surface area contributed by atoms with E-state index >= 15 is 0 Å². The Morgan fingerprint density at radius 2 is 1.87 bits per heavy atom. The van der Waals surface area contributed by atoms with Crippen LogP contribution in [-0.4, -0.2) is 82.3 Å². The van der Waals surface area contributed by atoms with Gasteiger partial charge in [0.25, 0.3) is 0 Å². The van der Waals surface area contributed by atoms with E-state index in [-0.39, 0.29) is 0 Å². The van der Waals surface area contributed by atoms with Crippen molar-refractivity contribution in [3.05, 3.63) is 11.6 Å². The smallest absolute Gasteiger partial charge is 0.191 e. The molecule has 2 rings (SSSR count). The van der Waals surface area contributed by atoms with E-state index in [1.807, 2.05) is 18.5 Å². The number of ether oxygens (including phenoxy) is 1. The lowest BCUT2D eigenvalue weighted by Crippen LogP contribution is -2.47. The Balaban J connectivity index is 1.92. The topological polar surface area (TPSA) is 99.8 Å². The van der Waals surface area contributed by atoms with Crippen LogP contribution in [0.4, 0.5) is 0 Å². The molecular weight excluding hydrogens is 382 g/mol. The van der Waals surface area contributed by atoms with E-state index < -0.39 is 5.60 Å². The summed E-state index contributed by atoms with van der Waals surface area (Å²) >= 11 is 0. The molecule has 0 aliphatic carbocycles. The van der Waals surface area contributed by atoms with Gasteiger partial charge in [0.2, 0.25) is 0 Å². The molecule has 9 nitrogen and oxygen atoms in total. The predicted molar refractivity (Wildman–Crippen MR) is 120 cm³/mol. The number of nitrogens with one attached hydrogen (secondary N) is 2. The summed E-state index contributed by atoms with van der Waals surface area (Å²) < 4.78 is 7.36. The molecular formula is C21H41N7O2. The number of hydrogen-bond acceptors (Lipinski definition) is 6. The third kappa shape index (κ3) is 8.20. The monoisotopic (exact) mass is 423 g/mol. The molecule has 9 heteroatoms. The van der Waals surface area contributed by atoms with Gasteiger partial charge in [0.15, 0.2) is 11.8 Å². The van der Waals surface area contributed by atoms with Crippen molar-refractivity contribution in [3.63, 3.8) is 0 Å². The highest BCUT2D eigenvalue weighted by Gasteiger charge is 2.25. The molecule has 0 unspecified atom stereocenters. The van der Waals surface area contributed by atoms with Gasteiger partial charge in [-0.3, -0.25) is 4.90 Å². The molecule has 1 aromatic heterocycles. The molecule has 0 bridgehead atoms. The summed E-state index contributed by atoms with van der Waals surface area (Å²) in [4.78, 5) is 7.13. The quantitative estimate of drug-likeness (QED) is 0.264. The van der Waals surface area contributed by atoms with Gasteiger partial charge in [-0.05, 0) is 32.7 Å². The van der Waals surface area contributed by atoms with Gasteiger partial charge >= 0.3 is 0 Å². The number of nitrogens with zero attached hydrogens (tertiary/aromatic N) is 5. The fourth-order valence-corrected chi connectivity index (χ4v) is 3.73. The average molecular weight is 424 g/mol. The zero-order valence-corrected chi connectivity index (χ0v) is 19.3. The van der Waals surface area contributed by atoms with Gasteiger partial charge in [0.05, 0.1) is 18.8 Å². The first kappa shape index (κ1) is 24.6. The molecule has 1 aromatic rings. The van der Waals surface area contributed by atoms with Gasteiger partial charge in [0.1, 0.15) is 12.4 Å². The van der Waals surface area contributed by atoms with Gasteiger partial charge in [0, 0.05) is 33.2 Å². The summed E-state index contributed by atoms with van der Waals surface area (Å²) in [6, 6.07) is 0. The second kappa shape index (κ2) is 12.9. The Morgan fingerprint density at radius 1 is 1.17 bits per heavy atom. The van der Waals surface area contributed by atoms with Crippen LogP contribution in [-0.2, 0) is 18.3 Å². The minimum absolute atomic E-state index is 0.441. The van der Waals surface area contributed by atoms with E-state index in [1.165, 1.54) is 0 Å². The average Bonchev–Trinajstić information content (AvgIpc) is 3.06. The molecule has 0 saturated carbocycles. The van der Waals surface area contributed by atoms with E-state index in [0.29, 0.717) is 19.0 Å². The van der Waals surface area contributed by atoms with Crippen LogP contribution in [0.25, 0.3) is 0 Å². The van der Waals surface area contributed by atoms with Crippen LogP contribution in [0.3, 0.4) is 0 Å². The zero-order chi connectivity index (χ0) is 21.8. The number of guanidine groups is 1. The Bertz CT molecular complexity index is 635. The van der Waals surface area contributed by atoms with Crippen LogP contribution in [0.15, 0.2) is 4.99 Å². The van der Waals surface area contributed by atoms with E-state index in [1.54, 1.807) is 0 Å². The Hall–Kier alpha value is -1.71. The molecule has 1 aliphatic heterocycles. The third-order valence-corrected chi connectivity index (χ3v) is 5.62. The number of aliphatic hydroxyl groups is 1. The maximum atomic E-state index is 10.9. The van der Waals surface area contributed by atoms with Crippen molar-refractivity contribution in [1.29, 1.82) is 0 Å². The summed E-state index contributed by atoms with van der Waals surface area (Å²) in [5.41, 5.74) is -0.707. The van der Waals surface area contributed by atoms with Crippen LogP contribution in [0.5, 0.6) is 0 Å². The molecule has 0 amide bonds. The van der Waals surface area contributed by atoms with Gasteiger partial charge in [-0.25, -0.2) is 4.99 Å². The van der Waals surface area contributed by atoms with E-state index in [9.17, 15) is 5.11 Å². The number of aryl methyl sites for hydroxylation is 1. The molecule has 172 valence electrons. The minimum atomic E-state index is -0.707. The summed E-state index contributed by atoms with van der Waals surface area (Å²) in [7, 11) is 1.95. The van der Waals surface area contributed by atoms with Crippen LogP contribution in [0.2, 0.25) is 0 Å². The molecule has 3 N–H and O–H groups in total. The van der Waals surface area contributed by atoms with Gasteiger partial charge in [-0.2, -0.15) is 0 Å². The Kier molecular flexibility index (Phi) is 10.5. The van der Waals surface area contributed by atoms with E-state index in [4.69, 9.17) is 9.73 Å². The summed E-state index contributed by atoms with van der Waals surface area (Å²) in [6.07, 6.45) is 4.49. The molecule has 0 radical (unpaired) electrons. The second-order valence-electron chi connectivity index (χ2n) is 8.20. The van der Waals surface area contributed by atoms with E-state index in [0.717, 1.165) is 83.1 Å². The number of hydrogen-bond donors (Lipinski definition) is 3. The minimum Gasteiger partial charge on any atom is -0.388 e. The van der Waals surface area contributed by atoms with E-state index in [2.05, 4.69) is 39.6 Å². The van der Waals surface area contributed by atoms with Crippen molar-refractivity contribution in [1.82, 2.24) is 30.3 Å². The van der Waals surface area contributed by atoms with Crippen molar-refractivity contribution >= 4 is 5.96 Å². The van der Waals surface area contributed by atoms with Crippen LogP contribution < -0.4 is 10.6 Å². The van der Waals surface area contributed by atoms with Gasteiger partial charge in [-0.15, -0.1) is 10.2 Å². The van der Waals surface area contributed by atoms with Crippen LogP contribution >= 0.6 is 0 Å². The van der Waals surface area contributed by atoms with Gasteiger partial charge in [-0.1, -0.05) is 26.7 Å². The number of rotatable bonds is 12. The highest BCUT2D eigenvalue weighted by molar-refractivity contribution is 5.79. The lowest BCUT2D eigenvalue weighted by atomic mass is 9.93. The number of aliphatic imine (C=N–C) groups is 1. The fraction of sp³-hybridized carbons (Fsp3) is 0.857. The van der Waals surface area contributed by atoms with Crippen LogP contribution in [0.1, 0.15) is 57.6 Å². The number of morpholine rings is 1. The molecule has 0 spiro atoms. The fourth-order valence-electron chi connectivity index (χ4n) is 3.73. The summed E-state index contributed by atoms with van der Waals surface area (Å²) in [5, 5.41) is 26.0. The van der Waals surface area contributed by atoms with Crippen molar-refractivity contribution in [3.8, 4) is 0 Å². The van der Waals surface area contributed by atoms with Crippen molar-refractivity contribution in [2.75, 3.05) is 45.9 Å². The highest BCUT2D eigenvalue weighted by atomic mass is 16.5. The molecule has 1 saturated heterocycles. The largest absolute Gasteiger partial charge is 0.388 e. The Morgan fingerprint density at radius 3 is 2.47 bits per heavy atom. The van der Waals surface area contributed by atoms with Gasteiger partial charge < -0.3 is 25.0 Å². The molecule has 30 heavy (non-hydrogen) atoms. The SMILES string of the molecule is CCCC(O)(CCC)CNC(=NCc1nnc(C)n1C)NCCCN1CCOCC1. The highest BCUT2D eigenvalue weighted by Crippen LogP contribution is 2.18. The van der Waals surface area contributed by atoms with Crippen molar-refractivity contribution in [2.45, 2.75) is 65.0 Å².